The molecule has 5 N–H and O–H groups in total. The van der Waals surface area contributed by atoms with E-state index in [0.717, 1.165) is 16.5 Å². The lowest BCUT2D eigenvalue weighted by molar-refractivity contribution is -0.131. The van der Waals surface area contributed by atoms with Crippen molar-refractivity contribution in [1.29, 1.82) is 0 Å². The van der Waals surface area contributed by atoms with Gasteiger partial charge >= 0.3 is 0 Å². The minimum absolute atomic E-state index is 0.108. The van der Waals surface area contributed by atoms with Crippen molar-refractivity contribution in [2.24, 2.45) is 11.7 Å². The molecule has 1 saturated heterocycles. The molecule has 0 spiro atoms. The largest absolute Gasteiger partial charge is 0.496 e. The Balaban J connectivity index is 1.44. The fourth-order valence-corrected chi connectivity index (χ4v) is 5.09. The van der Waals surface area contributed by atoms with Gasteiger partial charge in [0.05, 0.1) is 7.11 Å². The van der Waals surface area contributed by atoms with E-state index in [0.29, 0.717) is 30.0 Å². The molecule has 1 aromatic heterocycles. The van der Waals surface area contributed by atoms with Crippen LogP contribution in [0.1, 0.15) is 40.5 Å². The Labute approximate surface area is 207 Å². The van der Waals surface area contributed by atoms with E-state index in [1.54, 1.807) is 31.4 Å². The molecule has 0 saturated carbocycles. The van der Waals surface area contributed by atoms with Crippen molar-refractivity contribution in [1.82, 2.24) is 20.5 Å². The fourth-order valence-electron chi connectivity index (χ4n) is 5.09. The molecule has 186 valence electrons. The molecule has 3 heterocycles. The van der Waals surface area contributed by atoms with Crippen LogP contribution in [-0.2, 0) is 20.9 Å². The summed E-state index contributed by atoms with van der Waals surface area (Å²) in [6.45, 7) is 0.752. The van der Waals surface area contributed by atoms with Gasteiger partial charge in [-0.25, -0.2) is 0 Å². The van der Waals surface area contributed by atoms with E-state index in [1.807, 2.05) is 24.3 Å². The van der Waals surface area contributed by atoms with Gasteiger partial charge in [0.2, 0.25) is 17.7 Å². The summed E-state index contributed by atoms with van der Waals surface area (Å²) in [5.74, 6) is -1.55. The first kappa shape index (κ1) is 23.4. The molecule has 3 atom stereocenters. The lowest BCUT2D eigenvalue weighted by Gasteiger charge is -2.26. The number of nitrogens with two attached hydrogens (primary N) is 1. The third-order valence-electron chi connectivity index (χ3n) is 6.93. The van der Waals surface area contributed by atoms with Gasteiger partial charge in [0, 0.05) is 29.9 Å². The SMILES string of the molecule is COc1cccc2[nH]c(C(=O)N3Cc4ccccc4C3C(=O)N[C@@H](C[C@@H]3CCNC3=O)C(N)=O)cc12. The topological polar surface area (TPSA) is 147 Å². The molecule has 0 aliphatic carbocycles. The Bertz CT molecular complexity index is 1370. The number of fused-ring (bicyclic) bond motifs is 2. The molecule has 1 unspecified atom stereocenters. The predicted molar refractivity (Wildman–Crippen MR) is 131 cm³/mol. The van der Waals surface area contributed by atoms with Gasteiger partial charge in [-0.3, -0.25) is 19.2 Å². The number of methoxy groups -OCH3 is 1. The van der Waals surface area contributed by atoms with Gasteiger partial charge in [-0.05, 0) is 42.2 Å². The Morgan fingerprint density at radius 2 is 2.00 bits per heavy atom. The first-order valence-corrected chi connectivity index (χ1v) is 11.8. The highest BCUT2D eigenvalue weighted by molar-refractivity contribution is 6.02. The van der Waals surface area contributed by atoms with E-state index < -0.39 is 29.8 Å². The van der Waals surface area contributed by atoms with Gasteiger partial charge in [0.15, 0.2) is 0 Å². The average molecular weight is 490 g/mol. The van der Waals surface area contributed by atoms with Crippen LogP contribution in [0, 0.1) is 5.92 Å². The van der Waals surface area contributed by atoms with E-state index in [2.05, 4.69) is 15.6 Å². The number of amides is 4. The zero-order valence-electron chi connectivity index (χ0n) is 19.7. The zero-order valence-corrected chi connectivity index (χ0v) is 19.7. The van der Waals surface area contributed by atoms with Crippen LogP contribution >= 0.6 is 0 Å². The highest BCUT2D eigenvalue weighted by Gasteiger charge is 2.41. The average Bonchev–Trinajstić information content (AvgIpc) is 3.59. The number of H-pyrrole nitrogens is 1. The second kappa shape index (κ2) is 9.37. The van der Waals surface area contributed by atoms with Crippen LogP contribution in [0.5, 0.6) is 5.75 Å². The summed E-state index contributed by atoms with van der Waals surface area (Å²) in [7, 11) is 1.56. The molecule has 2 aliphatic heterocycles. The predicted octanol–water partition coefficient (Wildman–Crippen LogP) is 1.37. The van der Waals surface area contributed by atoms with Crippen LogP contribution in [0.25, 0.3) is 10.9 Å². The van der Waals surface area contributed by atoms with Gasteiger partial charge in [0.1, 0.15) is 23.5 Å². The van der Waals surface area contributed by atoms with Gasteiger partial charge in [-0.1, -0.05) is 30.3 Å². The Morgan fingerprint density at radius 1 is 1.19 bits per heavy atom. The number of ether oxygens (including phenoxy) is 1. The van der Waals surface area contributed by atoms with Crippen molar-refractivity contribution in [3.63, 3.8) is 0 Å². The number of carbonyl (C=O) groups excluding carboxylic acids is 4. The number of primary amides is 1. The summed E-state index contributed by atoms with van der Waals surface area (Å²) in [6, 6.07) is 12.5. The summed E-state index contributed by atoms with van der Waals surface area (Å²) >= 11 is 0. The number of aromatic nitrogens is 1. The maximum Gasteiger partial charge on any atom is 0.271 e. The third-order valence-corrected chi connectivity index (χ3v) is 6.93. The number of nitrogens with zero attached hydrogens (tertiary/aromatic N) is 1. The van der Waals surface area contributed by atoms with Crippen molar-refractivity contribution in [3.05, 3.63) is 65.4 Å². The van der Waals surface area contributed by atoms with Crippen molar-refractivity contribution < 1.29 is 23.9 Å². The summed E-state index contributed by atoms with van der Waals surface area (Å²) in [5.41, 5.74) is 8.14. The smallest absolute Gasteiger partial charge is 0.271 e. The van der Waals surface area contributed by atoms with E-state index in [9.17, 15) is 19.2 Å². The second-order valence-corrected chi connectivity index (χ2v) is 9.11. The Morgan fingerprint density at radius 3 is 2.72 bits per heavy atom. The highest BCUT2D eigenvalue weighted by Crippen LogP contribution is 2.36. The highest BCUT2D eigenvalue weighted by atomic mass is 16.5. The van der Waals surface area contributed by atoms with E-state index in [1.165, 1.54) is 4.90 Å². The molecule has 3 aromatic rings. The molecule has 2 aromatic carbocycles. The first-order chi connectivity index (χ1) is 17.4. The summed E-state index contributed by atoms with van der Waals surface area (Å²) < 4.78 is 5.40. The van der Waals surface area contributed by atoms with Crippen LogP contribution < -0.4 is 21.1 Å². The van der Waals surface area contributed by atoms with Crippen LogP contribution in [0.4, 0.5) is 0 Å². The molecule has 10 heteroatoms. The monoisotopic (exact) mass is 489 g/mol. The van der Waals surface area contributed by atoms with E-state index >= 15 is 0 Å². The van der Waals surface area contributed by atoms with Gasteiger partial charge in [-0.2, -0.15) is 0 Å². The number of aromatic amines is 1. The third kappa shape index (κ3) is 4.15. The van der Waals surface area contributed by atoms with Gasteiger partial charge in [-0.15, -0.1) is 0 Å². The second-order valence-electron chi connectivity index (χ2n) is 9.11. The minimum atomic E-state index is -1.03. The molecule has 5 rings (SSSR count). The summed E-state index contributed by atoms with van der Waals surface area (Å²) in [6.07, 6.45) is 0.677. The van der Waals surface area contributed by atoms with Crippen LogP contribution in [0.2, 0.25) is 0 Å². The molecule has 1 fully saturated rings. The van der Waals surface area contributed by atoms with Crippen LogP contribution in [0.15, 0.2) is 48.5 Å². The summed E-state index contributed by atoms with van der Waals surface area (Å²) in [5, 5.41) is 6.19. The molecule has 10 nitrogen and oxygen atoms in total. The zero-order chi connectivity index (χ0) is 25.4. The number of nitrogens with one attached hydrogen (secondary N) is 3. The standard InChI is InChI=1S/C26H27N5O5/c1-36-21-8-4-7-18-17(21)12-20(29-18)26(35)31-13-15-5-2-3-6-16(15)22(31)25(34)30-19(23(27)32)11-14-9-10-28-24(14)33/h2-8,12,14,19,22,29H,9-11,13H2,1H3,(H2,27,32)(H,28,33)(H,30,34)/t14-,19-,22?/m0/s1. The van der Waals surface area contributed by atoms with Crippen molar-refractivity contribution in [2.45, 2.75) is 31.5 Å². The molecular formula is C26H27N5O5. The Hall–Kier alpha value is -4.34. The van der Waals surface area contributed by atoms with Gasteiger partial charge in [0.25, 0.3) is 5.91 Å². The minimum Gasteiger partial charge on any atom is -0.496 e. The summed E-state index contributed by atoms with van der Waals surface area (Å²) in [4.78, 5) is 56.0. The van der Waals surface area contributed by atoms with Crippen LogP contribution in [0.3, 0.4) is 0 Å². The maximum atomic E-state index is 13.7. The normalized spacial score (nSPS) is 19.6. The fraction of sp³-hybridized carbons (Fsp3) is 0.308. The molecule has 2 aliphatic rings. The Kier molecular flexibility index (Phi) is 6.09. The lowest BCUT2D eigenvalue weighted by Crippen LogP contribution is -2.50. The van der Waals surface area contributed by atoms with Gasteiger partial charge < -0.3 is 31.0 Å². The van der Waals surface area contributed by atoms with Crippen LogP contribution in [-0.4, -0.2) is 53.2 Å². The van der Waals surface area contributed by atoms with Crippen molar-refractivity contribution in [3.8, 4) is 5.75 Å². The molecular weight excluding hydrogens is 462 g/mol. The maximum absolute atomic E-state index is 13.7. The quantitative estimate of drug-likeness (QED) is 0.396. The number of benzene rings is 2. The lowest BCUT2D eigenvalue weighted by atomic mass is 9.97. The molecule has 36 heavy (non-hydrogen) atoms. The van der Waals surface area contributed by atoms with E-state index in [-0.39, 0.29) is 24.8 Å². The van der Waals surface area contributed by atoms with Crippen molar-refractivity contribution >= 4 is 34.5 Å². The number of hydrogen-bond donors (Lipinski definition) is 4. The number of hydrogen-bond acceptors (Lipinski definition) is 5. The molecule has 0 radical (unpaired) electrons. The molecule has 0 bridgehead atoms. The van der Waals surface area contributed by atoms with E-state index in [4.69, 9.17) is 10.5 Å². The number of carbonyl (C=O) groups is 4. The first-order valence-electron chi connectivity index (χ1n) is 11.8. The van der Waals surface area contributed by atoms with Crippen molar-refractivity contribution in [2.75, 3.05) is 13.7 Å². The number of rotatable bonds is 7. The molecule has 4 amide bonds.